The van der Waals surface area contributed by atoms with Crippen molar-refractivity contribution in [3.63, 3.8) is 0 Å². The highest BCUT2D eigenvalue weighted by atomic mass is 35.5. The Kier molecular flexibility index (Phi) is 5.32. The number of benzene rings is 2. The van der Waals surface area contributed by atoms with E-state index >= 15 is 0 Å². The van der Waals surface area contributed by atoms with Crippen LogP contribution in [0.4, 0.5) is 8.78 Å². The van der Waals surface area contributed by atoms with E-state index in [0.717, 1.165) is 29.8 Å². The first kappa shape index (κ1) is 15.9. The summed E-state index contributed by atoms with van der Waals surface area (Å²) in [6, 6.07) is 9.20. The average Bonchev–Trinajstić information content (AvgIpc) is 2.45. The van der Waals surface area contributed by atoms with Gasteiger partial charge in [0.05, 0.1) is 0 Å². The molecule has 0 heterocycles. The smallest absolute Gasteiger partial charge is 0.126 e. The molecule has 4 heteroatoms. The van der Waals surface area contributed by atoms with Gasteiger partial charge >= 0.3 is 0 Å². The summed E-state index contributed by atoms with van der Waals surface area (Å²) in [6.07, 6.45) is 0.372. The van der Waals surface area contributed by atoms with Gasteiger partial charge in [-0.05, 0) is 60.8 Å². The van der Waals surface area contributed by atoms with E-state index in [1.807, 2.05) is 32.0 Å². The molecule has 1 nitrogen and oxygen atoms in total. The molecule has 0 spiro atoms. The number of nitrogens with one attached hydrogen (secondary N) is 1. The van der Waals surface area contributed by atoms with E-state index in [1.165, 1.54) is 6.07 Å². The van der Waals surface area contributed by atoms with Gasteiger partial charge in [-0.25, -0.2) is 8.78 Å². The lowest BCUT2D eigenvalue weighted by Crippen LogP contribution is -2.23. The minimum absolute atomic E-state index is 0.107. The lowest BCUT2D eigenvalue weighted by Gasteiger charge is -2.19. The third kappa shape index (κ3) is 4.02. The Morgan fingerprint density at radius 3 is 2.57 bits per heavy atom. The normalized spacial score (nSPS) is 12.4. The van der Waals surface area contributed by atoms with Gasteiger partial charge in [-0.2, -0.15) is 0 Å². The Morgan fingerprint density at radius 1 is 1.14 bits per heavy atom. The van der Waals surface area contributed by atoms with Crippen LogP contribution in [0.5, 0.6) is 0 Å². The first-order valence-electron chi connectivity index (χ1n) is 6.94. The second-order valence-electron chi connectivity index (χ2n) is 5.06. The van der Waals surface area contributed by atoms with Crippen molar-refractivity contribution < 1.29 is 8.78 Å². The molecule has 2 aromatic carbocycles. The fourth-order valence-corrected chi connectivity index (χ4v) is 2.49. The van der Waals surface area contributed by atoms with Gasteiger partial charge in [-0.3, -0.25) is 0 Å². The average molecular weight is 310 g/mol. The van der Waals surface area contributed by atoms with Gasteiger partial charge in [0.1, 0.15) is 11.6 Å². The Labute approximate surface area is 128 Å². The van der Waals surface area contributed by atoms with Crippen molar-refractivity contribution in [1.82, 2.24) is 5.32 Å². The predicted molar refractivity (Wildman–Crippen MR) is 82.7 cm³/mol. The van der Waals surface area contributed by atoms with Gasteiger partial charge in [-0.15, -0.1) is 0 Å². The van der Waals surface area contributed by atoms with Crippen molar-refractivity contribution in [3.05, 3.63) is 69.7 Å². The Hall–Kier alpha value is -1.45. The highest BCUT2D eigenvalue weighted by molar-refractivity contribution is 6.31. The van der Waals surface area contributed by atoms with Gasteiger partial charge in [-0.1, -0.05) is 30.7 Å². The van der Waals surface area contributed by atoms with Crippen LogP contribution in [0.15, 0.2) is 36.4 Å². The van der Waals surface area contributed by atoms with Crippen LogP contribution in [0.2, 0.25) is 5.02 Å². The molecule has 0 aliphatic rings. The van der Waals surface area contributed by atoms with Gasteiger partial charge in [0, 0.05) is 11.1 Å². The molecule has 112 valence electrons. The molecule has 1 N–H and O–H groups in total. The Bertz CT molecular complexity index is 628. The summed E-state index contributed by atoms with van der Waals surface area (Å²) < 4.78 is 27.1. The molecule has 0 fully saturated rings. The lowest BCUT2D eigenvalue weighted by atomic mass is 9.97. The number of aryl methyl sites for hydroxylation is 1. The molecule has 0 saturated heterocycles. The fraction of sp³-hybridized carbons (Fsp3) is 0.294. The summed E-state index contributed by atoms with van der Waals surface area (Å²) >= 11 is 6.16. The van der Waals surface area contributed by atoms with E-state index in [0.29, 0.717) is 17.0 Å². The molecular formula is C17H18ClF2N. The van der Waals surface area contributed by atoms with Crippen molar-refractivity contribution in [2.24, 2.45) is 0 Å². The lowest BCUT2D eigenvalue weighted by molar-refractivity contribution is 0.522. The van der Waals surface area contributed by atoms with Crippen molar-refractivity contribution in [2.45, 2.75) is 26.3 Å². The topological polar surface area (TPSA) is 12.0 Å². The minimum atomic E-state index is -0.427. The molecule has 2 rings (SSSR count). The van der Waals surface area contributed by atoms with E-state index in [1.54, 1.807) is 0 Å². The second-order valence-corrected chi connectivity index (χ2v) is 5.47. The van der Waals surface area contributed by atoms with Crippen LogP contribution in [-0.2, 0) is 6.42 Å². The number of rotatable bonds is 5. The zero-order chi connectivity index (χ0) is 15.4. The molecule has 0 aliphatic carbocycles. The first-order chi connectivity index (χ1) is 10.0. The van der Waals surface area contributed by atoms with E-state index in [-0.39, 0.29) is 6.04 Å². The maximum absolute atomic E-state index is 13.8. The second kappa shape index (κ2) is 7.01. The van der Waals surface area contributed by atoms with Crippen molar-refractivity contribution >= 4 is 11.6 Å². The summed E-state index contributed by atoms with van der Waals surface area (Å²) in [7, 11) is 0. The minimum Gasteiger partial charge on any atom is -0.310 e. The number of hydrogen-bond donors (Lipinski definition) is 1. The largest absolute Gasteiger partial charge is 0.310 e. The van der Waals surface area contributed by atoms with Crippen LogP contribution >= 0.6 is 11.6 Å². The van der Waals surface area contributed by atoms with Gasteiger partial charge in [0.2, 0.25) is 0 Å². The van der Waals surface area contributed by atoms with Crippen LogP contribution in [0, 0.1) is 18.6 Å². The number of likely N-dealkylation sites (N-methyl/N-ethyl adjacent to an activating group) is 1. The van der Waals surface area contributed by atoms with Crippen molar-refractivity contribution in [3.8, 4) is 0 Å². The van der Waals surface area contributed by atoms with Crippen LogP contribution in [0.1, 0.15) is 29.7 Å². The molecule has 0 radical (unpaired) electrons. The SMILES string of the molecule is CCNC(Cc1cc(F)ccc1F)c1ccc(C)c(Cl)c1. The summed E-state index contributed by atoms with van der Waals surface area (Å²) in [5.74, 6) is -0.818. The van der Waals surface area contributed by atoms with E-state index in [2.05, 4.69) is 5.32 Å². The third-order valence-corrected chi connectivity index (χ3v) is 3.89. The zero-order valence-electron chi connectivity index (χ0n) is 12.1. The van der Waals surface area contributed by atoms with Crippen LogP contribution in [0.25, 0.3) is 0 Å². The van der Waals surface area contributed by atoms with Gasteiger partial charge in [0.15, 0.2) is 0 Å². The molecule has 1 unspecified atom stereocenters. The van der Waals surface area contributed by atoms with Crippen molar-refractivity contribution in [1.29, 1.82) is 0 Å². The zero-order valence-corrected chi connectivity index (χ0v) is 12.8. The fourth-order valence-electron chi connectivity index (χ4n) is 2.30. The summed E-state index contributed by atoms with van der Waals surface area (Å²) in [5, 5.41) is 3.97. The van der Waals surface area contributed by atoms with E-state index in [4.69, 9.17) is 11.6 Å². The van der Waals surface area contributed by atoms with Crippen molar-refractivity contribution in [2.75, 3.05) is 6.54 Å². The molecule has 2 aromatic rings. The monoisotopic (exact) mass is 309 g/mol. The van der Waals surface area contributed by atoms with Crippen LogP contribution in [0.3, 0.4) is 0 Å². The molecule has 0 amide bonds. The molecule has 0 bridgehead atoms. The molecule has 0 aromatic heterocycles. The van der Waals surface area contributed by atoms with Gasteiger partial charge in [0.25, 0.3) is 0 Å². The molecule has 0 aliphatic heterocycles. The number of hydrogen-bond acceptors (Lipinski definition) is 1. The molecule has 1 atom stereocenters. The maximum atomic E-state index is 13.8. The van der Waals surface area contributed by atoms with E-state index in [9.17, 15) is 8.78 Å². The standard InChI is InChI=1S/C17H18ClF2N/c1-3-21-17(12-5-4-11(2)15(18)9-12)10-13-8-14(19)6-7-16(13)20/h4-9,17,21H,3,10H2,1-2H3. The third-order valence-electron chi connectivity index (χ3n) is 3.48. The maximum Gasteiger partial charge on any atom is 0.126 e. The Balaban J connectivity index is 2.30. The Morgan fingerprint density at radius 2 is 1.90 bits per heavy atom. The highest BCUT2D eigenvalue weighted by Crippen LogP contribution is 2.25. The highest BCUT2D eigenvalue weighted by Gasteiger charge is 2.15. The van der Waals surface area contributed by atoms with Crippen LogP contribution < -0.4 is 5.32 Å². The van der Waals surface area contributed by atoms with E-state index < -0.39 is 11.6 Å². The van der Waals surface area contributed by atoms with Gasteiger partial charge < -0.3 is 5.32 Å². The molecular weight excluding hydrogens is 292 g/mol. The summed E-state index contributed by atoms with van der Waals surface area (Å²) in [6.45, 7) is 4.64. The summed E-state index contributed by atoms with van der Waals surface area (Å²) in [5.41, 5.74) is 2.32. The number of halogens is 3. The first-order valence-corrected chi connectivity index (χ1v) is 7.32. The molecule has 21 heavy (non-hydrogen) atoms. The predicted octanol–water partition coefficient (Wildman–Crippen LogP) is 4.82. The van der Waals surface area contributed by atoms with Crippen LogP contribution in [-0.4, -0.2) is 6.54 Å². The summed E-state index contributed by atoms with van der Waals surface area (Å²) in [4.78, 5) is 0. The quantitative estimate of drug-likeness (QED) is 0.835. The molecule has 0 saturated carbocycles.